The number of hydrogen-bond acceptors (Lipinski definition) is 5. The molecule has 3 rings (SSSR count). The number of benzene rings is 2. The number of nitrogens with zero attached hydrogens (tertiary/aromatic N) is 2. The van der Waals surface area contributed by atoms with Crippen molar-refractivity contribution < 1.29 is 14.0 Å². The zero-order valence-electron chi connectivity index (χ0n) is 20.6. The minimum absolute atomic E-state index is 0.00898. The van der Waals surface area contributed by atoms with Crippen LogP contribution in [0, 0.1) is 11.8 Å². The van der Waals surface area contributed by atoms with E-state index in [0.717, 1.165) is 22.6 Å². The molecule has 2 amide bonds. The van der Waals surface area contributed by atoms with E-state index in [1.165, 1.54) is 12.1 Å². The summed E-state index contributed by atoms with van der Waals surface area (Å²) in [5.74, 6) is -0.358. The molecule has 0 bridgehead atoms. The van der Waals surface area contributed by atoms with Gasteiger partial charge in [-0.2, -0.15) is 10.2 Å². The monoisotopic (exact) mass is 472 g/mol. The smallest absolute Gasteiger partial charge is 0.307 e. The Hall–Kier alpha value is -4.00. The van der Waals surface area contributed by atoms with Crippen LogP contribution < -0.4 is 10.9 Å². The third-order valence-electron chi connectivity index (χ3n) is 5.06. The molecule has 0 fully saturated rings. The van der Waals surface area contributed by atoms with Crippen molar-refractivity contribution in [1.82, 2.24) is 10.9 Å². The second-order valence-corrected chi connectivity index (χ2v) is 9.09. The zero-order chi connectivity index (χ0) is 25.2. The molecule has 0 aliphatic heterocycles. The summed E-state index contributed by atoms with van der Waals surface area (Å²) in [5, 5.41) is 8.64. The van der Waals surface area contributed by atoms with Gasteiger partial charge in [-0.05, 0) is 47.9 Å². The molecule has 2 N–H and O–H groups in total. The molecular weight excluding hydrogens is 440 g/mol. The fourth-order valence-electron chi connectivity index (χ4n) is 3.42. The van der Waals surface area contributed by atoms with Gasteiger partial charge in [-0.3, -0.25) is 9.59 Å². The summed E-state index contributed by atoms with van der Waals surface area (Å²) >= 11 is 0. The number of hydrazone groups is 2. The second kappa shape index (κ2) is 12.5. The average molecular weight is 473 g/mol. The molecule has 0 unspecified atom stereocenters. The van der Waals surface area contributed by atoms with Gasteiger partial charge in [0.05, 0.1) is 11.4 Å². The number of carbonyl (C=O) groups is 2. The Kier molecular flexibility index (Phi) is 9.12. The fourth-order valence-corrected chi connectivity index (χ4v) is 3.42. The van der Waals surface area contributed by atoms with Crippen molar-refractivity contribution >= 4 is 23.2 Å². The van der Waals surface area contributed by atoms with E-state index >= 15 is 0 Å². The standard InChI is InChI=1S/C28H32N4O3/c1-19(2)17-23(21-11-7-5-8-12-21)29-31-27(33)25-15-16-26(35-25)28(34)32-30-24(18-20(3)4)22-13-9-6-10-14-22/h5-16,19-20H,17-18H2,1-4H3,(H,31,33)(H,32,34)/b29-23+,30-24+. The number of carbonyl (C=O) groups excluding carboxylic acids is 2. The summed E-state index contributed by atoms with van der Waals surface area (Å²) in [7, 11) is 0. The highest BCUT2D eigenvalue weighted by Gasteiger charge is 2.17. The van der Waals surface area contributed by atoms with Gasteiger partial charge in [-0.25, -0.2) is 10.9 Å². The largest absolute Gasteiger partial charge is 0.446 e. The van der Waals surface area contributed by atoms with E-state index in [0.29, 0.717) is 24.7 Å². The quantitative estimate of drug-likeness (QED) is 0.295. The minimum atomic E-state index is -0.533. The van der Waals surface area contributed by atoms with Gasteiger partial charge in [0, 0.05) is 0 Å². The molecule has 0 saturated heterocycles. The molecule has 0 spiro atoms. The molecule has 7 heteroatoms. The summed E-state index contributed by atoms with van der Waals surface area (Å²) in [6.45, 7) is 8.35. The molecular formula is C28H32N4O3. The Morgan fingerprint density at radius 3 is 1.37 bits per heavy atom. The van der Waals surface area contributed by atoms with Gasteiger partial charge in [-0.1, -0.05) is 88.4 Å². The molecule has 3 aromatic rings. The molecule has 0 radical (unpaired) electrons. The first-order chi connectivity index (χ1) is 16.8. The molecule has 0 atom stereocenters. The van der Waals surface area contributed by atoms with E-state index < -0.39 is 11.8 Å². The van der Waals surface area contributed by atoms with E-state index in [1.54, 1.807) is 0 Å². The summed E-state index contributed by atoms with van der Waals surface area (Å²) in [6, 6.07) is 22.3. The van der Waals surface area contributed by atoms with E-state index in [1.807, 2.05) is 60.7 Å². The Bertz CT molecular complexity index is 1090. The lowest BCUT2D eigenvalue weighted by molar-refractivity contribution is 0.0902. The first-order valence-electron chi connectivity index (χ1n) is 11.8. The second-order valence-electron chi connectivity index (χ2n) is 9.09. The van der Waals surface area contributed by atoms with Crippen LogP contribution in [0.15, 0.2) is 87.4 Å². The maximum absolute atomic E-state index is 12.6. The SMILES string of the molecule is CC(C)C/C(=N\NC(=O)c1ccc(C(=O)N/N=C(\CC(C)C)c2ccccc2)o1)c1ccccc1. The maximum atomic E-state index is 12.6. The average Bonchev–Trinajstić information content (AvgIpc) is 3.35. The van der Waals surface area contributed by atoms with Gasteiger partial charge in [-0.15, -0.1) is 0 Å². The summed E-state index contributed by atoms with van der Waals surface area (Å²) in [4.78, 5) is 25.2. The van der Waals surface area contributed by atoms with Crippen LogP contribution in [0.2, 0.25) is 0 Å². The highest BCUT2D eigenvalue weighted by molar-refractivity contribution is 6.03. The normalized spacial score (nSPS) is 12.2. The van der Waals surface area contributed by atoms with Gasteiger partial charge < -0.3 is 4.42 Å². The molecule has 1 aromatic heterocycles. The Morgan fingerprint density at radius 2 is 1.03 bits per heavy atom. The number of furan rings is 1. The molecule has 35 heavy (non-hydrogen) atoms. The topological polar surface area (TPSA) is 96.1 Å². The zero-order valence-corrected chi connectivity index (χ0v) is 20.6. The molecule has 0 aliphatic carbocycles. The van der Waals surface area contributed by atoms with Crippen LogP contribution in [0.1, 0.15) is 72.8 Å². The molecule has 2 aromatic carbocycles. The van der Waals surface area contributed by atoms with E-state index in [-0.39, 0.29) is 11.5 Å². The first-order valence-corrected chi connectivity index (χ1v) is 11.8. The van der Waals surface area contributed by atoms with Crippen LogP contribution in [0.25, 0.3) is 0 Å². The summed E-state index contributed by atoms with van der Waals surface area (Å²) < 4.78 is 5.48. The van der Waals surface area contributed by atoms with Crippen molar-refractivity contribution in [3.63, 3.8) is 0 Å². The molecule has 1 heterocycles. The van der Waals surface area contributed by atoms with Gasteiger partial charge in [0.1, 0.15) is 0 Å². The highest BCUT2D eigenvalue weighted by Crippen LogP contribution is 2.13. The molecule has 0 saturated carbocycles. The first kappa shape index (κ1) is 25.6. The van der Waals surface area contributed by atoms with Crippen molar-refractivity contribution in [3.8, 4) is 0 Å². The summed E-state index contributed by atoms with van der Waals surface area (Å²) in [5.41, 5.74) is 8.51. The minimum Gasteiger partial charge on any atom is -0.446 e. The van der Waals surface area contributed by atoms with Crippen LogP contribution in [0.4, 0.5) is 0 Å². The number of rotatable bonds is 10. The predicted octanol–water partition coefficient (Wildman–Crippen LogP) is 5.64. The van der Waals surface area contributed by atoms with Gasteiger partial charge in [0.25, 0.3) is 0 Å². The lowest BCUT2D eigenvalue weighted by Gasteiger charge is -2.09. The number of nitrogens with one attached hydrogen (secondary N) is 2. The van der Waals surface area contributed by atoms with E-state index in [9.17, 15) is 9.59 Å². The Labute approximate surface area is 206 Å². The lowest BCUT2D eigenvalue weighted by Crippen LogP contribution is -2.21. The van der Waals surface area contributed by atoms with Crippen molar-refractivity contribution in [2.24, 2.45) is 22.0 Å². The third kappa shape index (κ3) is 7.78. The van der Waals surface area contributed by atoms with E-state index in [2.05, 4.69) is 48.7 Å². The lowest BCUT2D eigenvalue weighted by atomic mass is 10.0. The maximum Gasteiger partial charge on any atom is 0.307 e. The number of hydrogen-bond donors (Lipinski definition) is 2. The molecule has 7 nitrogen and oxygen atoms in total. The Morgan fingerprint density at radius 1 is 0.657 bits per heavy atom. The number of amides is 2. The highest BCUT2D eigenvalue weighted by atomic mass is 16.4. The molecule has 0 aliphatic rings. The van der Waals surface area contributed by atoms with Crippen molar-refractivity contribution in [2.75, 3.05) is 0 Å². The van der Waals surface area contributed by atoms with Crippen molar-refractivity contribution in [1.29, 1.82) is 0 Å². The third-order valence-corrected chi connectivity index (χ3v) is 5.06. The fraction of sp³-hybridized carbons (Fsp3) is 0.286. The van der Waals surface area contributed by atoms with Gasteiger partial charge >= 0.3 is 11.8 Å². The van der Waals surface area contributed by atoms with Crippen LogP contribution >= 0.6 is 0 Å². The van der Waals surface area contributed by atoms with Crippen LogP contribution in [0.5, 0.6) is 0 Å². The predicted molar refractivity (Wildman–Crippen MR) is 139 cm³/mol. The van der Waals surface area contributed by atoms with Crippen molar-refractivity contribution in [2.45, 2.75) is 40.5 Å². The van der Waals surface area contributed by atoms with Crippen LogP contribution in [-0.2, 0) is 0 Å². The Balaban J connectivity index is 1.69. The van der Waals surface area contributed by atoms with E-state index in [4.69, 9.17) is 4.42 Å². The van der Waals surface area contributed by atoms with Crippen LogP contribution in [-0.4, -0.2) is 23.2 Å². The molecule has 182 valence electrons. The van der Waals surface area contributed by atoms with Gasteiger partial charge in [0.2, 0.25) is 0 Å². The van der Waals surface area contributed by atoms with Gasteiger partial charge in [0.15, 0.2) is 11.5 Å². The van der Waals surface area contributed by atoms with Crippen molar-refractivity contribution in [3.05, 3.63) is 95.4 Å². The summed E-state index contributed by atoms with van der Waals surface area (Å²) in [6.07, 6.45) is 1.41. The van der Waals surface area contributed by atoms with Crippen LogP contribution in [0.3, 0.4) is 0 Å².